The first kappa shape index (κ1) is 12.3. The molecular formula is C8H10ClF3N2O. The molecule has 1 rings (SSSR count). The van der Waals surface area contributed by atoms with Gasteiger partial charge in [-0.25, -0.2) is 0 Å². The Labute approximate surface area is 89.5 Å². The Morgan fingerprint density at radius 3 is 2.40 bits per heavy atom. The maximum atomic E-state index is 12.1. The summed E-state index contributed by atoms with van der Waals surface area (Å²) in [6.45, 7) is 1.59. The summed E-state index contributed by atoms with van der Waals surface area (Å²) in [6.07, 6.45) is -7.63. The zero-order chi connectivity index (χ0) is 11.8. The lowest BCUT2D eigenvalue weighted by molar-refractivity contribution is -0.203. The van der Waals surface area contributed by atoms with Gasteiger partial charge in [0.25, 0.3) is 0 Å². The maximum Gasteiger partial charge on any atom is 0.414 e. The van der Waals surface area contributed by atoms with Gasteiger partial charge >= 0.3 is 6.18 Å². The van der Waals surface area contributed by atoms with Crippen LogP contribution >= 0.6 is 11.6 Å². The number of hydrogen-bond acceptors (Lipinski definition) is 2. The van der Waals surface area contributed by atoms with Crippen molar-refractivity contribution in [2.75, 3.05) is 0 Å². The van der Waals surface area contributed by atoms with E-state index in [1.165, 1.54) is 11.7 Å². The molecule has 7 heteroatoms. The van der Waals surface area contributed by atoms with Gasteiger partial charge in [-0.15, -0.1) is 0 Å². The van der Waals surface area contributed by atoms with E-state index in [1.807, 2.05) is 0 Å². The highest BCUT2D eigenvalue weighted by Gasteiger charge is 2.39. The molecule has 15 heavy (non-hydrogen) atoms. The van der Waals surface area contributed by atoms with Crippen LogP contribution in [0.3, 0.4) is 0 Å². The highest BCUT2D eigenvalue weighted by Crippen LogP contribution is 2.26. The van der Waals surface area contributed by atoms with Crippen LogP contribution in [-0.2, 0) is 13.5 Å². The van der Waals surface area contributed by atoms with E-state index < -0.39 is 18.7 Å². The fraction of sp³-hybridized carbons (Fsp3) is 0.625. The topological polar surface area (TPSA) is 38.0 Å². The number of nitrogens with zero attached hydrogens (tertiary/aromatic N) is 2. The molecule has 0 aliphatic rings. The zero-order valence-electron chi connectivity index (χ0n) is 8.14. The van der Waals surface area contributed by atoms with Crippen LogP contribution in [0.2, 0.25) is 5.02 Å². The van der Waals surface area contributed by atoms with Gasteiger partial charge in [-0.3, -0.25) is 4.68 Å². The van der Waals surface area contributed by atoms with Crippen molar-refractivity contribution in [3.63, 3.8) is 0 Å². The van der Waals surface area contributed by atoms with Gasteiger partial charge < -0.3 is 5.11 Å². The van der Waals surface area contributed by atoms with Gasteiger partial charge in [-0.1, -0.05) is 11.6 Å². The average molecular weight is 243 g/mol. The summed E-state index contributed by atoms with van der Waals surface area (Å²) in [5.41, 5.74) is 0.627. The van der Waals surface area contributed by atoms with Crippen LogP contribution in [0.4, 0.5) is 13.2 Å². The highest BCUT2D eigenvalue weighted by atomic mass is 35.5. The number of alkyl halides is 3. The molecule has 0 saturated carbocycles. The lowest BCUT2D eigenvalue weighted by Gasteiger charge is -2.14. The first-order valence-electron chi connectivity index (χ1n) is 4.16. The smallest absolute Gasteiger partial charge is 0.383 e. The van der Waals surface area contributed by atoms with Gasteiger partial charge in [0.15, 0.2) is 6.10 Å². The quantitative estimate of drug-likeness (QED) is 0.860. The molecule has 0 spiro atoms. The molecule has 0 radical (unpaired) electrons. The van der Waals surface area contributed by atoms with E-state index in [4.69, 9.17) is 16.7 Å². The van der Waals surface area contributed by atoms with Gasteiger partial charge in [0.05, 0.1) is 16.4 Å². The molecule has 0 bridgehead atoms. The number of halogens is 4. The number of rotatable bonds is 2. The van der Waals surface area contributed by atoms with E-state index in [0.29, 0.717) is 5.69 Å². The van der Waals surface area contributed by atoms with Gasteiger partial charge in [0, 0.05) is 13.5 Å². The first-order valence-corrected chi connectivity index (χ1v) is 4.54. The lowest BCUT2D eigenvalue weighted by Crippen LogP contribution is -2.31. The molecule has 3 nitrogen and oxygen atoms in total. The van der Waals surface area contributed by atoms with Crippen LogP contribution in [0, 0.1) is 6.92 Å². The normalized spacial score (nSPS) is 14.3. The molecular weight excluding hydrogens is 233 g/mol. The molecule has 1 N–H and O–H groups in total. The maximum absolute atomic E-state index is 12.1. The summed E-state index contributed by atoms with van der Waals surface area (Å²) in [7, 11) is 1.48. The molecule has 0 amide bonds. The summed E-state index contributed by atoms with van der Waals surface area (Å²) in [4.78, 5) is 0. The average Bonchev–Trinajstić information content (AvgIpc) is 2.30. The summed E-state index contributed by atoms with van der Waals surface area (Å²) in [5.74, 6) is 0. The van der Waals surface area contributed by atoms with E-state index in [-0.39, 0.29) is 10.7 Å². The molecule has 1 heterocycles. The van der Waals surface area contributed by atoms with Gasteiger partial charge in [-0.2, -0.15) is 18.3 Å². The predicted octanol–water partition coefficient (Wildman–Crippen LogP) is 1.85. The lowest BCUT2D eigenvalue weighted by atomic mass is 10.2. The second kappa shape index (κ2) is 4.02. The molecule has 0 aliphatic heterocycles. The number of aromatic nitrogens is 2. The number of aryl methyl sites for hydroxylation is 2. The monoisotopic (exact) mass is 242 g/mol. The molecule has 0 saturated heterocycles. The fourth-order valence-corrected chi connectivity index (χ4v) is 1.44. The Bertz CT molecular complexity index is 362. The third-order valence-electron chi connectivity index (χ3n) is 2.03. The van der Waals surface area contributed by atoms with Crippen molar-refractivity contribution < 1.29 is 18.3 Å². The van der Waals surface area contributed by atoms with Crippen molar-refractivity contribution in [3.8, 4) is 0 Å². The molecule has 0 aliphatic carbocycles. The second-order valence-corrected chi connectivity index (χ2v) is 3.61. The van der Waals surface area contributed by atoms with Gasteiger partial charge in [-0.05, 0) is 6.92 Å². The van der Waals surface area contributed by atoms with Crippen LogP contribution in [0.5, 0.6) is 0 Å². The van der Waals surface area contributed by atoms with E-state index in [2.05, 4.69) is 5.10 Å². The van der Waals surface area contributed by atoms with Crippen LogP contribution in [0.1, 0.15) is 11.4 Å². The standard InChI is InChI=1S/C8H10ClF3N2O/c1-4-7(9)5(14(2)13-4)3-6(15)8(10,11)12/h6,15H,3H2,1-2H3/t6-/m1/s1. The largest absolute Gasteiger partial charge is 0.414 e. The molecule has 0 unspecified atom stereocenters. The number of aliphatic hydroxyl groups excluding tert-OH is 1. The van der Waals surface area contributed by atoms with Crippen molar-refractivity contribution in [3.05, 3.63) is 16.4 Å². The Balaban J connectivity index is 2.90. The van der Waals surface area contributed by atoms with Crippen molar-refractivity contribution in [2.24, 2.45) is 7.05 Å². The van der Waals surface area contributed by atoms with Crippen LogP contribution in [-0.4, -0.2) is 27.2 Å². The Morgan fingerprint density at radius 1 is 1.53 bits per heavy atom. The highest BCUT2D eigenvalue weighted by molar-refractivity contribution is 6.31. The minimum atomic E-state index is -4.64. The van der Waals surface area contributed by atoms with Crippen molar-refractivity contribution in [1.82, 2.24) is 9.78 Å². The molecule has 86 valence electrons. The Hall–Kier alpha value is -0.750. The second-order valence-electron chi connectivity index (χ2n) is 3.23. The van der Waals surface area contributed by atoms with E-state index >= 15 is 0 Å². The Kier molecular flexibility index (Phi) is 3.30. The number of aliphatic hydroxyl groups is 1. The first-order chi connectivity index (χ1) is 6.73. The minimum absolute atomic E-state index is 0.167. The van der Waals surface area contributed by atoms with Gasteiger partial charge in [0.2, 0.25) is 0 Å². The summed E-state index contributed by atoms with van der Waals surface area (Å²) in [5, 5.41) is 12.9. The molecule has 1 aromatic heterocycles. The van der Waals surface area contributed by atoms with E-state index in [9.17, 15) is 13.2 Å². The van der Waals surface area contributed by atoms with Gasteiger partial charge in [0.1, 0.15) is 0 Å². The van der Waals surface area contributed by atoms with Crippen molar-refractivity contribution in [2.45, 2.75) is 25.6 Å². The van der Waals surface area contributed by atoms with Crippen molar-refractivity contribution in [1.29, 1.82) is 0 Å². The van der Waals surface area contributed by atoms with Crippen LogP contribution < -0.4 is 0 Å². The van der Waals surface area contributed by atoms with Crippen LogP contribution in [0.15, 0.2) is 0 Å². The fourth-order valence-electron chi connectivity index (χ4n) is 1.20. The number of hydrogen-bond donors (Lipinski definition) is 1. The van der Waals surface area contributed by atoms with E-state index in [1.54, 1.807) is 6.92 Å². The Morgan fingerprint density at radius 2 is 2.07 bits per heavy atom. The minimum Gasteiger partial charge on any atom is -0.383 e. The molecule has 0 aromatic carbocycles. The molecule has 1 atom stereocenters. The summed E-state index contributed by atoms with van der Waals surface area (Å²) >= 11 is 5.75. The predicted molar refractivity (Wildman–Crippen MR) is 48.7 cm³/mol. The van der Waals surface area contributed by atoms with Crippen molar-refractivity contribution >= 4 is 11.6 Å². The molecule has 0 fully saturated rings. The summed E-state index contributed by atoms with van der Waals surface area (Å²) in [6, 6.07) is 0. The SMILES string of the molecule is Cc1nn(C)c(C[C@@H](O)C(F)(F)F)c1Cl. The molecule has 1 aromatic rings. The third-order valence-corrected chi connectivity index (χ3v) is 2.52. The van der Waals surface area contributed by atoms with Crippen LogP contribution in [0.25, 0.3) is 0 Å². The third kappa shape index (κ3) is 2.63. The zero-order valence-corrected chi connectivity index (χ0v) is 8.89. The van der Waals surface area contributed by atoms with E-state index in [0.717, 1.165) is 0 Å². The summed E-state index contributed by atoms with van der Waals surface area (Å²) < 4.78 is 37.5.